The summed E-state index contributed by atoms with van der Waals surface area (Å²) in [6.45, 7) is 1.80. The third kappa shape index (κ3) is 2.63. The van der Waals surface area contributed by atoms with Crippen LogP contribution in [0.2, 0.25) is 0 Å². The molecule has 2 N–H and O–H groups in total. The second-order valence-corrected chi connectivity index (χ2v) is 4.54. The molecule has 2 aromatic heterocycles. The van der Waals surface area contributed by atoms with Gasteiger partial charge in [0.1, 0.15) is 12.1 Å². The van der Waals surface area contributed by atoms with Gasteiger partial charge in [0, 0.05) is 31.2 Å². The van der Waals surface area contributed by atoms with Gasteiger partial charge in [0.25, 0.3) is 5.91 Å². The maximum Gasteiger partial charge on any atom is 0.253 e. The maximum absolute atomic E-state index is 12.0. The largest absolute Gasteiger partial charge is 0.348 e. The van der Waals surface area contributed by atoms with E-state index in [0.29, 0.717) is 5.56 Å². The highest BCUT2D eigenvalue weighted by Crippen LogP contribution is 2.06. The first-order valence-electron chi connectivity index (χ1n) is 6.29. The van der Waals surface area contributed by atoms with Crippen molar-refractivity contribution in [1.29, 1.82) is 0 Å². The normalized spacial score (nSPS) is 18.4. The Bertz CT molecular complexity index is 543. The van der Waals surface area contributed by atoms with Crippen LogP contribution in [0.3, 0.4) is 0 Å². The highest BCUT2D eigenvalue weighted by molar-refractivity contribution is 5.94. The fourth-order valence-electron chi connectivity index (χ4n) is 2.11. The lowest BCUT2D eigenvalue weighted by atomic mass is 10.2. The molecule has 6 nitrogen and oxygen atoms in total. The highest BCUT2D eigenvalue weighted by Gasteiger charge is 2.17. The number of nitrogens with one attached hydrogen (secondary N) is 2. The fourth-order valence-corrected chi connectivity index (χ4v) is 2.11. The van der Waals surface area contributed by atoms with E-state index in [9.17, 15) is 4.79 Å². The molecule has 1 aliphatic heterocycles. The van der Waals surface area contributed by atoms with Gasteiger partial charge in [-0.1, -0.05) is 0 Å². The van der Waals surface area contributed by atoms with Crippen molar-refractivity contribution in [3.63, 3.8) is 0 Å². The fraction of sp³-hybridized carbons (Fsp3) is 0.308. The second kappa shape index (κ2) is 5.19. The first-order valence-corrected chi connectivity index (χ1v) is 6.29. The monoisotopic (exact) mass is 257 g/mol. The van der Waals surface area contributed by atoms with Crippen LogP contribution in [0.5, 0.6) is 0 Å². The first kappa shape index (κ1) is 11.9. The molecule has 0 spiro atoms. The number of amides is 1. The van der Waals surface area contributed by atoms with Crippen LogP contribution >= 0.6 is 0 Å². The topological polar surface area (TPSA) is 71.8 Å². The molecule has 1 amide bonds. The van der Waals surface area contributed by atoms with E-state index in [1.807, 2.05) is 12.3 Å². The number of carbonyl (C=O) groups excluding carboxylic acids is 1. The lowest BCUT2D eigenvalue weighted by molar-refractivity contribution is 0.0939. The maximum atomic E-state index is 12.0. The molecule has 1 unspecified atom stereocenters. The molecule has 19 heavy (non-hydrogen) atoms. The van der Waals surface area contributed by atoms with E-state index in [1.165, 1.54) is 0 Å². The van der Waals surface area contributed by atoms with Gasteiger partial charge in [0.05, 0.1) is 5.56 Å². The van der Waals surface area contributed by atoms with Gasteiger partial charge >= 0.3 is 0 Å². The zero-order valence-corrected chi connectivity index (χ0v) is 10.4. The van der Waals surface area contributed by atoms with Crippen LogP contribution in [0, 0.1) is 0 Å². The van der Waals surface area contributed by atoms with E-state index in [4.69, 9.17) is 0 Å². The predicted octanol–water partition coefficient (Wildman–Crippen LogP) is 0.359. The average molecular weight is 257 g/mol. The van der Waals surface area contributed by atoms with Crippen molar-refractivity contribution in [2.45, 2.75) is 12.5 Å². The van der Waals surface area contributed by atoms with Gasteiger partial charge in [-0.2, -0.15) is 0 Å². The number of hydrogen-bond acceptors (Lipinski definition) is 4. The molecule has 1 saturated heterocycles. The lowest BCUT2D eigenvalue weighted by Crippen LogP contribution is -2.36. The smallest absolute Gasteiger partial charge is 0.253 e. The number of imidazole rings is 1. The Morgan fingerprint density at radius 1 is 1.47 bits per heavy atom. The number of aromatic nitrogens is 3. The van der Waals surface area contributed by atoms with E-state index in [2.05, 4.69) is 20.6 Å². The molecule has 0 bridgehead atoms. The number of nitrogens with zero attached hydrogens (tertiary/aromatic N) is 3. The van der Waals surface area contributed by atoms with Crippen LogP contribution in [-0.2, 0) is 0 Å². The van der Waals surface area contributed by atoms with Crippen LogP contribution in [0.1, 0.15) is 16.8 Å². The Morgan fingerprint density at radius 2 is 2.42 bits per heavy atom. The standard InChI is InChI=1S/C13H15N5O/c19-13(17-11-3-4-14-8-11)10-1-2-12(16-7-10)18-6-5-15-9-18/h1-2,5-7,9,11,14H,3-4,8H2,(H,17,19). The van der Waals surface area contributed by atoms with Crippen molar-refractivity contribution < 1.29 is 4.79 Å². The summed E-state index contributed by atoms with van der Waals surface area (Å²) < 4.78 is 1.79. The Morgan fingerprint density at radius 3 is 3.05 bits per heavy atom. The van der Waals surface area contributed by atoms with Crippen LogP contribution in [0.25, 0.3) is 5.82 Å². The number of hydrogen-bond donors (Lipinski definition) is 2. The molecule has 0 aromatic carbocycles. The molecule has 1 atom stereocenters. The van der Waals surface area contributed by atoms with Crippen LogP contribution in [0.4, 0.5) is 0 Å². The molecule has 0 radical (unpaired) electrons. The zero-order valence-electron chi connectivity index (χ0n) is 10.4. The number of pyridine rings is 1. The summed E-state index contributed by atoms with van der Waals surface area (Å²) >= 11 is 0. The van der Waals surface area contributed by atoms with Gasteiger partial charge in [-0.15, -0.1) is 0 Å². The van der Waals surface area contributed by atoms with Gasteiger partial charge in [0.15, 0.2) is 0 Å². The minimum absolute atomic E-state index is 0.0709. The molecule has 0 aliphatic carbocycles. The summed E-state index contributed by atoms with van der Waals surface area (Å²) in [6, 6.07) is 3.81. The minimum Gasteiger partial charge on any atom is -0.348 e. The molecule has 2 aromatic rings. The summed E-state index contributed by atoms with van der Waals surface area (Å²) in [4.78, 5) is 20.2. The zero-order chi connectivity index (χ0) is 13.1. The van der Waals surface area contributed by atoms with E-state index in [0.717, 1.165) is 25.3 Å². The van der Waals surface area contributed by atoms with Crippen LogP contribution < -0.4 is 10.6 Å². The van der Waals surface area contributed by atoms with Crippen LogP contribution in [0.15, 0.2) is 37.1 Å². The van der Waals surface area contributed by atoms with Gasteiger partial charge in [-0.05, 0) is 25.1 Å². The molecule has 1 fully saturated rings. The van der Waals surface area contributed by atoms with E-state index < -0.39 is 0 Å². The first-order chi connectivity index (χ1) is 9.33. The predicted molar refractivity (Wildman–Crippen MR) is 70.1 cm³/mol. The average Bonchev–Trinajstić information content (AvgIpc) is 3.12. The number of carbonyl (C=O) groups is 1. The summed E-state index contributed by atoms with van der Waals surface area (Å²) in [5, 5.41) is 6.20. The van der Waals surface area contributed by atoms with Gasteiger partial charge < -0.3 is 10.6 Å². The van der Waals surface area contributed by atoms with E-state index in [1.54, 1.807) is 29.4 Å². The van der Waals surface area contributed by atoms with Crippen molar-refractivity contribution >= 4 is 5.91 Å². The quantitative estimate of drug-likeness (QED) is 0.832. The third-order valence-corrected chi connectivity index (χ3v) is 3.17. The molecular formula is C13H15N5O. The van der Waals surface area contributed by atoms with E-state index >= 15 is 0 Å². The molecular weight excluding hydrogens is 242 g/mol. The van der Waals surface area contributed by atoms with Crippen molar-refractivity contribution in [3.05, 3.63) is 42.6 Å². The summed E-state index contributed by atoms with van der Waals surface area (Å²) in [6.07, 6.45) is 7.74. The summed E-state index contributed by atoms with van der Waals surface area (Å²) in [5.41, 5.74) is 0.579. The van der Waals surface area contributed by atoms with Gasteiger partial charge in [-0.25, -0.2) is 9.97 Å². The molecule has 3 rings (SSSR count). The van der Waals surface area contributed by atoms with Crippen molar-refractivity contribution in [2.75, 3.05) is 13.1 Å². The second-order valence-electron chi connectivity index (χ2n) is 4.54. The van der Waals surface area contributed by atoms with E-state index in [-0.39, 0.29) is 11.9 Å². The Balaban J connectivity index is 1.69. The molecule has 98 valence electrons. The lowest BCUT2D eigenvalue weighted by Gasteiger charge is -2.11. The number of rotatable bonds is 3. The minimum atomic E-state index is -0.0709. The highest BCUT2D eigenvalue weighted by atomic mass is 16.1. The van der Waals surface area contributed by atoms with Crippen LogP contribution in [-0.4, -0.2) is 39.6 Å². The summed E-state index contributed by atoms with van der Waals surface area (Å²) in [5.74, 6) is 0.676. The molecule has 1 aliphatic rings. The third-order valence-electron chi connectivity index (χ3n) is 3.17. The Labute approximate surface area is 110 Å². The SMILES string of the molecule is O=C(NC1CCNC1)c1ccc(-n2ccnc2)nc1. The molecule has 0 saturated carbocycles. The van der Waals surface area contributed by atoms with Gasteiger partial charge in [-0.3, -0.25) is 9.36 Å². The Hall–Kier alpha value is -2.21. The molecule has 6 heteroatoms. The summed E-state index contributed by atoms with van der Waals surface area (Å²) in [7, 11) is 0. The van der Waals surface area contributed by atoms with Crippen molar-refractivity contribution in [1.82, 2.24) is 25.2 Å². The van der Waals surface area contributed by atoms with Gasteiger partial charge in [0.2, 0.25) is 0 Å². The Kier molecular flexibility index (Phi) is 3.24. The van der Waals surface area contributed by atoms with Crippen molar-refractivity contribution in [3.8, 4) is 5.82 Å². The molecule has 3 heterocycles. The van der Waals surface area contributed by atoms with Crippen molar-refractivity contribution in [2.24, 2.45) is 0 Å².